The molecule has 2 heterocycles. The summed E-state index contributed by atoms with van der Waals surface area (Å²) in [7, 11) is 4.23. The number of rotatable bonds is 2. The quantitative estimate of drug-likeness (QED) is 0.662. The number of nitrogens with zero attached hydrogens (tertiary/aromatic N) is 5. The lowest BCUT2D eigenvalue weighted by Crippen LogP contribution is -2.32. The molecule has 5 nitrogen and oxygen atoms in total. The van der Waals surface area contributed by atoms with Crippen molar-refractivity contribution in [3.63, 3.8) is 0 Å². The molecule has 1 aromatic rings. The Morgan fingerprint density at radius 1 is 1.36 bits per heavy atom. The minimum atomic E-state index is 0.617. The van der Waals surface area contributed by atoms with Crippen LogP contribution in [0.3, 0.4) is 0 Å². The van der Waals surface area contributed by atoms with Gasteiger partial charge in [-0.05, 0) is 20.5 Å². The second-order valence-electron chi connectivity index (χ2n) is 3.79. The van der Waals surface area contributed by atoms with Crippen LogP contribution in [0, 0.1) is 0 Å². The molecular weight excluding hydrogens is 178 g/mol. The number of hydrogen-bond acceptors (Lipinski definition) is 5. The molecule has 0 N–H and O–H groups in total. The van der Waals surface area contributed by atoms with Crippen LogP contribution in [-0.2, 0) is 0 Å². The summed E-state index contributed by atoms with van der Waals surface area (Å²) in [5, 5.41) is 0. The van der Waals surface area contributed by atoms with E-state index in [9.17, 15) is 0 Å². The van der Waals surface area contributed by atoms with E-state index in [1.54, 1.807) is 12.7 Å². The summed E-state index contributed by atoms with van der Waals surface area (Å²) >= 11 is 0. The molecule has 0 aromatic carbocycles. The molecule has 1 saturated heterocycles. The van der Waals surface area contributed by atoms with E-state index in [2.05, 4.69) is 38.8 Å². The average Bonchev–Trinajstić information content (AvgIpc) is 2.68. The van der Waals surface area contributed by atoms with E-state index >= 15 is 0 Å². The molecule has 0 spiro atoms. The van der Waals surface area contributed by atoms with Crippen LogP contribution in [0.2, 0.25) is 0 Å². The zero-order valence-electron chi connectivity index (χ0n) is 8.59. The first-order chi connectivity index (χ1) is 6.77. The molecule has 1 atom stereocenters. The van der Waals surface area contributed by atoms with Crippen LogP contribution < -0.4 is 4.90 Å². The largest absolute Gasteiger partial charge is 0.339 e. The van der Waals surface area contributed by atoms with Crippen LogP contribution in [-0.4, -0.2) is 53.1 Å². The van der Waals surface area contributed by atoms with Gasteiger partial charge < -0.3 is 9.80 Å². The van der Waals surface area contributed by atoms with E-state index in [1.807, 2.05) is 0 Å². The lowest BCUT2D eigenvalue weighted by molar-refractivity contribution is 0.315. The summed E-state index contributed by atoms with van der Waals surface area (Å²) in [6.45, 7) is 2.05. The Balaban J connectivity index is 2.03. The molecule has 0 radical (unpaired) electrons. The molecule has 76 valence electrons. The summed E-state index contributed by atoms with van der Waals surface area (Å²) in [5.74, 6) is 0.796. The third-order valence-corrected chi connectivity index (χ3v) is 2.66. The molecule has 14 heavy (non-hydrogen) atoms. The maximum Gasteiger partial charge on any atom is 0.228 e. The van der Waals surface area contributed by atoms with Crippen molar-refractivity contribution in [3.05, 3.63) is 12.7 Å². The van der Waals surface area contributed by atoms with E-state index in [1.165, 1.54) is 6.42 Å². The summed E-state index contributed by atoms with van der Waals surface area (Å²) < 4.78 is 0. The van der Waals surface area contributed by atoms with Crippen LogP contribution >= 0.6 is 0 Å². The molecule has 0 bridgehead atoms. The summed E-state index contributed by atoms with van der Waals surface area (Å²) in [6, 6.07) is 0.617. The summed E-state index contributed by atoms with van der Waals surface area (Å²) in [4.78, 5) is 16.5. The smallest absolute Gasteiger partial charge is 0.228 e. The first kappa shape index (κ1) is 9.33. The van der Waals surface area contributed by atoms with Gasteiger partial charge in [-0.3, -0.25) is 0 Å². The molecule has 5 heteroatoms. The predicted octanol–water partition coefficient (Wildman–Crippen LogP) is 0.0119. The molecule has 1 fully saturated rings. The molecular formula is C9H15N5. The van der Waals surface area contributed by atoms with Gasteiger partial charge in [-0.25, -0.2) is 15.0 Å². The van der Waals surface area contributed by atoms with Crippen LogP contribution in [0.4, 0.5) is 5.95 Å². The van der Waals surface area contributed by atoms with Gasteiger partial charge in [-0.1, -0.05) is 0 Å². The van der Waals surface area contributed by atoms with Crippen LogP contribution in [0.1, 0.15) is 6.42 Å². The lowest BCUT2D eigenvalue weighted by atomic mass is 10.2. The second-order valence-corrected chi connectivity index (χ2v) is 3.79. The maximum absolute atomic E-state index is 4.14. The third-order valence-electron chi connectivity index (χ3n) is 2.66. The van der Waals surface area contributed by atoms with Crippen molar-refractivity contribution in [3.8, 4) is 0 Å². The zero-order chi connectivity index (χ0) is 9.97. The van der Waals surface area contributed by atoms with Gasteiger partial charge in [0, 0.05) is 19.1 Å². The average molecular weight is 193 g/mol. The Labute approximate surface area is 83.8 Å². The summed E-state index contributed by atoms with van der Waals surface area (Å²) in [6.07, 6.45) is 4.27. The molecule has 0 saturated carbocycles. The Morgan fingerprint density at radius 3 is 2.64 bits per heavy atom. The van der Waals surface area contributed by atoms with E-state index in [0.717, 1.165) is 19.0 Å². The highest BCUT2D eigenvalue weighted by Gasteiger charge is 2.25. The molecule has 1 aliphatic rings. The Kier molecular flexibility index (Phi) is 2.58. The minimum Gasteiger partial charge on any atom is -0.339 e. The van der Waals surface area contributed by atoms with Gasteiger partial charge in [0.15, 0.2) is 0 Å². The standard InChI is InChI=1S/C9H15N5/c1-13(2)8-3-4-14(5-8)9-11-6-10-7-12-9/h6-8H,3-5H2,1-2H3. The molecule has 1 aliphatic heterocycles. The Morgan fingerprint density at radius 2 is 2.07 bits per heavy atom. The molecule has 1 aromatic heterocycles. The summed E-state index contributed by atoms with van der Waals surface area (Å²) in [5.41, 5.74) is 0. The van der Waals surface area contributed by atoms with E-state index < -0.39 is 0 Å². The number of likely N-dealkylation sites (N-methyl/N-ethyl adjacent to an activating group) is 1. The number of aromatic nitrogens is 3. The van der Waals surface area contributed by atoms with Gasteiger partial charge in [0.1, 0.15) is 12.7 Å². The Bertz CT molecular complexity index is 287. The van der Waals surface area contributed by atoms with Crippen molar-refractivity contribution in [2.45, 2.75) is 12.5 Å². The highest BCUT2D eigenvalue weighted by atomic mass is 15.3. The highest BCUT2D eigenvalue weighted by molar-refractivity contribution is 5.30. The van der Waals surface area contributed by atoms with E-state index in [4.69, 9.17) is 0 Å². The minimum absolute atomic E-state index is 0.617. The number of hydrogen-bond donors (Lipinski definition) is 0. The molecule has 2 rings (SSSR count). The van der Waals surface area contributed by atoms with Gasteiger partial charge >= 0.3 is 0 Å². The van der Waals surface area contributed by atoms with Crippen molar-refractivity contribution < 1.29 is 0 Å². The first-order valence-corrected chi connectivity index (χ1v) is 4.81. The fraction of sp³-hybridized carbons (Fsp3) is 0.667. The van der Waals surface area contributed by atoms with Crippen LogP contribution in [0.25, 0.3) is 0 Å². The fourth-order valence-electron chi connectivity index (χ4n) is 1.74. The predicted molar refractivity (Wildman–Crippen MR) is 54.1 cm³/mol. The van der Waals surface area contributed by atoms with Crippen LogP contribution in [0.5, 0.6) is 0 Å². The van der Waals surface area contributed by atoms with Gasteiger partial charge in [-0.2, -0.15) is 0 Å². The van der Waals surface area contributed by atoms with Crippen molar-refractivity contribution in [2.24, 2.45) is 0 Å². The lowest BCUT2D eigenvalue weighted by Gasteiger charge is -2.19. The molecule has 0 amide bonds. The second kappa shape index (κ2) is 3.88. The topological polar surface area (TPSA) is 45.2 Å². The molecule has 1 unspecified atom stereocenters. The van der Waals surface area contributed by atoms with Crippen molar-refractivity contribution in [2.75, 3.05) is 32.1 Å². The zero-order valence-corrected chi connectivity index (χ0v) is 8.59. The monoisotopic (exact) mass is 193 g/mol. The Hall–Kier alpha value is -1.23. The van der Waals surface area contributed by atoms with Crippen molar-refractivity contribution >= 4 is 5.95 Å². The van der Waals surface area contributed by atoms with Gasteiger partial charge in [0.2, 0.25) is 5.95 Å². The fourth-order valence-corrected chi connectivity index (χ4v) is 1.74. The SMILES string of the molecule is CN(C)C1CCN(c2ncncn2)C1. The van der Waals surface area contributed by atoms with Gasteiger partial charge in [-0.15, -0.1) is 0 Å². The third kappa shape index (κ3) is 1.82. The maximum atomic E-state index is 4.14. The van der Waals surface area contributed by atoms with Gasteiger partial charge in [0.25, 0.3) is 0 Å². The number of anilines is 1. The van der Waals surface area contributed by atoms with Crippen molar-refractivity contribution in [1.29, 1.82) is 0 Å². The first-order valence-electron chi connectivity index (χ1n) is 4.81. The van der Waals surface area contributed by atoms with Crippen LogP contribution in [0.15, 0.2) is 12.7 Å². The molecule has 0 aliphatic carbocycles. The highest BCUT2D eigenvalue weighted by Crippen LogP contribution is 2.17. The van der Waals surface area contributed by atoms with E-state index in [0.29, 0.717) is 6.04 Å². The normalized spacial score (nSPS) is 21.9. The van der Waals surface area contributed by atoms with Gasteiger partial charge in [0.05, 0.1) is 0 Å². The van der Waals surface area contributed by atoms with Crippen molar-refractivity contribution in [1.82, 2.24) is 19.9 Å². The van der Waals surface area contributed by atoms with E-state index in [-0.39, 0.29) is 0 Å².